The lowest BCUT2D eigenvalue weighted by Gasteiger charge is -2.20. The summed E-state index contributed by atoms with van der Waals surface area (Å²) < 4.78 is 31.3. The third-order valence-corrected chi connectivity index (χ3v) is 6.50. The molecule has 2 aromatic carbocycles. The summed E-state index contributed by atoms with van der Waals surface area (Å²) in [4.78, 5) is 14.7. The van der Waals surface area contributed by atoms with Gasteiger partial charge in [-0.05, 0) is 35.9 Å². The summed E-state index contributed by atoms with van der Waals surface area (Å²) in [5, 5.41) is 2.84. The van der Waals surface area contributed by atoms with Crippen LogP contribution in [0.5, 0.6) is 5.75 Å². The van der Waals surface area contributed by atoms with Crippen molar-refractivity contribution in [1.29, 1.82) is 0 Å². The van der Waals surface area contributed by atoms with Gasteiger partial charge in [0, 0.05) is 27.2 Å². The van der Waals surface area contributed by atoms with E-state index < -0.39 is 10.0 Å². The lowest BCUT2D eigenvalue weighted by atomic mass is 10.2. The zero-order valence-corrected chi connectivity index (χ0v) is 18.2. The van der Waals surface area contributed by atoms with E-state index in [0.717, 1.165) is 11.3 Å². The van der Waals surface area contributed by atoms with Crippen molar-refractivity contribution in [3.05, 3.63) is 59.7 Å². The summed E-state index contributed by atoms with van der Waals surface area (Å²) in [6.07, 6.45) is 0. The molecule has 0 aromatic heterocycles. The maximum absolute atomic E-state index is 12.5. The lowest BCUT2D eigenvalue weighted by molar-refractivity contribution is -0.122. The van der Waals surface area contributed by atoms with E-state index in [1.54, 1.807) is 31.4 Å². The summed E-state index contributed by atoms with van der Waals surface area (Å²) >= 11 is 0. The van der Waals surface area contributed by atoms with Crippen LogP contribution in [0.4, 0.5) is 0 Å². The number of carbonyl (C=O) groups is 1. The quantitative estimate of drug-likeness (QED) is 0.638. The van der Waals surface area contributed by atoms with Crippen molar-refractivity contribution in [1.82, 2.24) is 14.5 Å². The minimum Gasteiger partial charge on any atom is -0.497 e. The van der Waals surface area contributed by atoms with Gasteiger partial charge in [-0.3, -0.25) is 9.69 Å². The molecule has 0 saturated heterocycles. The van der Waals surface area contributed by atoms with Crippen LogP contribution in [-0.2, 0) is 27.9 Å². The predicted molar refractivity (Wildman–Crippen MR) is 113 cm³/mol. The molecule has 8 heteroatoms. The minimum atomic E-state index is -3.57. The standard InChI is InChI=1S/C21H29N3O4S/c1-5-24(15-17-10-12-19(28-4)13-11-17)16-21(25)22-14-18-8-6-7-9-20(18)29(26,27)23(2)3/h6-13H,5,14-16H2,1-4H3,(H,22,25). The average molecular weight is 420 g/mol. The molecule has 0 aliphatic carbocycles. The van der Waals surface area contributed by atoms with Crippen LogP contribution in [-0.4, -0.2) is 57.8 Å². The molecule has 1 N–H and O–H groups in total. The Kier molecular flexibility index (Phi) is 8.19. The Bertz CT molecular complexity index is 912. The van der Waals surface area contributed by atoms with Crippen LogP contribution in [0.15, 0.2) is 53.4 Å². The van der Waals surface area contributed by atoms with Crippen LogP contribution in [0.1, 0.15) is 18.1 Å². The zero-order valence-electron chi connectivity index (χ0n) is 17.4. The molecule has 0 spiro atoms. The van der Waals surface area contributed by atoms with Gasteiger partial charge in [0.25, 0.3) is 0 Å². The monoisotopic (exact) mass is 419 g/mol. The van der Waals surface area contributed by atoms with Crippen molar-refractivity contribution in [3.8, 4) is 5.75 Å². The third-order valence-electron chi connectivity index (χ3n) is 4.59. The summed E-state index contributed by atoms with van der Waals surface area (Å²) in [6.45, 7) is 3.73. The molecule has 0 heterocycles. The first-order valence-corrected chi connectivity index (χ1v) is 10.8. The molecular formula is C21H29N3O4S. The van der Waals surface area contributed by atoms with Crippen LogP contribution < -0.4 is 10.1 Å². The average Bonchev–Trinajstić information content (AvgIpc) is 2.72. The molecule has 0 saturated carbocycles. The van der Waals surface area contributed by atoms with Gasteiger partial charge in [-0.25, -0.2) is 12.7 Å². The second-order valence-corrected chi connectivity index (χ2v) is 8.94. The molecule has 0 aliphatic heterocycles. The summed E-state index contributed by atoms with van der Waals surface area (Å²) in [5.41, 5.74) is 1.65. The molecule has 0 aliphatic rings. The second kappa shape index (κ2) is 10.4. The Hall–Kier alpha value is -2.42. The van der Waals surface area contributed by atoms with Gasteiger partial charge in [0.15, 0.2) is 0 Å². The molecule has 7 nitrogen and oxygen atoms in total. The zero-order chi connectivity index (χ0) is 21.4. The number of amides is 1. The molecular weight excluding hydrogens is 390 g/mol. The van der Waals surface area contributed by atoms with Crippen molar-refractivity contribution in [2.75, 3.05) is 34.3 Å². The first-order valence-electron chi connectivity index (χ1n) is 9.40. The maximum Gasteiger partial charge on any atom is 0.242 e. The number of nitrogens with one attached hydrogen (secondary N) is 1. The Balaban J connectivity index is 1.98. The highest BCUT2D eigenvalue weighted by Crippen LogP contribution is 2.18. The molecule has 0 unspecified atom stereocenters. The van der Waals surface area contributed by atoms with E-state index in [9.17, 15) is 13.2 Å². The minimum absolute atomic E-state index is 0.155. The van der Waals surface area contributed by atoms with E-state index in [2.05, 4.69) is 5.32 Å². The molecule has 0 bridgehead atoms. The fraction of sp³-hybridized carbons (Fsp3) is 0.381. The van der Waals surface area contributed by atoms with Gasteiger partial charge < -0.3 is 10.1 Å². The Morgan fingerprint density at radius 1 is 1.07 bits per heavy atom. The molecule has 2 aromatic rings. The number of rotatable bonds is 10. The number of methoxy groups -OCH3 is 1. The maximum atomic E-state index is 12.5. The van der Waals surface area contributed by atoms with E-state index in [0.29, 0.717) is 18.7 Å². The Morgan fingerprint density at radius 3 is 2.31 bits per heavy atom. The van der Waals surface area contributed by atoms with Crippen molar-refractivity contribution in [2.24, 2.45) is 0 Å². The Labute approximate surface area is 173 Å². The van der Waals surface area contributed by atoms with Gasteiger partial charge in [-0.15, -0.1) is 0 Å². The number of benzene rings is 2. The molecule has 2 rings (SSSR count). The van der Waals surface area contributed by atoms with Gasteiger partial charge in [-0.2, -0.15) is 0 Å². The lowest BCUT2D eigenvalue weighted by Crippen LogP contribution is -2.37. The molecule has 158 valence electrons. The molecule has 1 amide bonds. The number of likely N-dealkylation sites (N-methyl/N-ethyl adjacent to an activating group) is 1. The number of hydrogen-bond donors (Lipinski definition) is 1. The molecule has 0 fully saturated rings. The normalized spacial score (nSPS) is 11.7. The van der Waals surface area contributed by atoms with Crippen LogP contribution in [0.2, 0.25) is 0 Å². The van der Waals surface area contributed by atoms with Crippen molar-refractivity contribution in [2.45, 2.75) is 24.9 Å². The number of ether oxygens (including phenoxy) is 1. The molecule has 0 atom stereocenters. The van der Waals surface area contributed by atoms with E-state index in [-0.39, 0.29) is 23.9 Å². The number of carbonyl (C=O) groups excluding carboxylic acids is 1. The second-order valence-electron chi connectivity index (χ2n) is 6.82. The van der Waals surface area contributed by atoms with Gasteiger partial charge in [0.05, 0.1) is 18.6 Å². The summed E-state index contributed by atoms with van der Waals surface area (Å²) in [7, 11) is 1.03. The SMILES string of the molecule is CCN(CC(=O)NCc1ccccc1S(=O)(=O)N(C)C)Cc1ccc(OC)cc1. The summed E-state index contributed by atoms with van der Waals surface area (Å²) in [6, 6.07) is 14.4. The van der Waals surface area contributed by atoms with Gasteiger partial charge >= 0.3 is 0 Å². The van der Waals surface area contributed by atoms with E-state index >= 15 is 0 Å². The summed E-state index contributed by atoms with van der Waals surface area (Å²) in [5.74, 6) is 0.637. The highest BCUT2D eigenvalue weighted by molar-refractivity contribution is 7.89. The first-order chi connectivity index (χ1) is 13.8. The van der Waals surface area contributed by atoms with Crippen LogP contribution in [0, 0.1) is 0 Å². The van der Waals surface area contributed by atoms with Crippen molar-refractivity contribution >= 4 is 15.9 Å². The van der Waals surface area contributed by atoms with Gasteiger partial charge in [0.2, 0.25) is 15.9 Å². The fourth-order valence-electron chi connectivity index (χ4n) is 2.82. The van der Waals surface area contributed by atoms with E-state index in [4.69, 9.17) is 4.74 Å². The van der Waals surface area contributed by atoms with Crippen LogP contribution in [0.25, 0.3) is 0 Å². The number of sulfonamides is 1. The fourth-order valence-corrected chi connectivity index (χ4v) is 3.94. The highest BCUT2D eigenvalue weighted by Gasteiger charge is 2.21. The van der Waals surface area contributed by atoms with E-state index in [1.165, 1.54) is 18.4 Å². The predicted octanol–water partition coefficient (Wildman–Crippen LogP) is 2.08. The molecule has 0 radical (unpaired) electrons. The van der Waals surface area contributed by atoms with Gasteiger partial charge in [-0.1, -0.05) is 37.3 Å². The smallest absolute Gasteiger partial charge is 0.242 e. The van der Waals surface area contributed by atoms with Crippen molar-refractivity contribution in [3.63, 3.8) is 0 Å². The molecule has 29 heavy (non-hydrogen) atoms. The number of nitrogens with zero attached hydrogens (tertiary/aromatic N) is 2. The Morgan fingerprint density at radius 2 is 1.72 bits per heavy atom. The largest absolute Gasteiger partial charge is 0.497 e. The highest BCUT2D eigenvalue weighted by atomic mass is 32.2. The van der Waals surface area contributed by atoms with Crippen molar-refractivity contribution < 1.29 is 17.9 Å². The number of hydrogen-bond acceptors (Lipinski definition) is 5. The van der Waals surface area contributed by atoms with Crippen LogP contribution in [0.3, 0.4) is 0 Å². The topological polar surface area (TPSA) is 79.0 Å². The van der Waals surface area contributed by atoms with Gasteiger partial charge in [0.1, 0.15) is 5.75 Å². The first kappa shape index (κ1) is 22.9. The van der Waals surface area contributed by atoms with E-state index in [1.807, 2.05) is 36.1 Å². The van der Waals surface area contributed by atoms with Crippen LogP contribution >= 0.6 is 0 Å². The third kappa shape index (κ3) is 6.28.